The second-order valence-corrected chi connectivity index (χ2v) is 5.80. The first-order chi connectivity index (χ1) is 7.33. The highest BCUT2D eigenvalue weighted by Gasteiger charge is 2.49. The summed E-state index contributed by atoms with van der Waals surface area (Å²) in [5.41, 5.74) is -0.0422. The van der Waals surface area contributed by atoms with Gasteiger partial charge in [0, 0.05) is 18.1 Å². The van der Waals surface area contributed by atoms with E-state index >= 15 is 0 Å². The topological polar surface area (TPSA) is 35.9 Å². The Morgan fingerprint density at radius 3 is 2.69 bits per heavy atom. The van der Waals surface area contributed by atoms with Crippen molar-refractivity contribution in [2.24, 2.45) is 4.99 Å². The van der Waals surface area contributed by atoms with Crippen molar-refractivity contribution < 1.29 is 4.79 Å². The quantitative estimate of drug-likeness (QED) is 0.702. The van der Waals surface area contributed by atoms with Crippen molar-refractivity contribution in [2.75, 3.05) is 6.54 Å². The minimum absolute atomic E-state index is 0.0422. The van der Waals surface area contributed by atoms with Gasteiger partial charge in [-0.2, -0.15) is 0 Å². The summed E-state index contributed by atoms with van der Waals surface area (Å²) < 4.78 is 0. The minimum atomic E-state index is -0.205. The van der Waals surface area contributed by atoms with Crippen LogP contribution in [0.4, 0.5) is 0 Å². The van der Waals surface area contributed by atoms with E-state index < -0.39 is 0 Å². The SMILES string of the molecule is CC(C)N1C2N=C(Cl)CC(=O)N2CC1(C)C. The van der Waals surface area contributed by atoms with Crippen LogP contribution in [-0.2, 0) is 4.79 Å². The van der Waals surface area contributed by atoms with E-state index in [1.807, 2.05) is 4.90 Å². The van der Waals surface area contributed by atoms with Gasteiger partial charge in [0.15, 0.2) is 6.29 Å². The van der Waals surface area contributed by atoms with Crippen LogP contribution >= 0.6 is 11.6 Å². The molecule has 4 nitrogen and oxygen atoms in total. The van der Waals surface area contributed by atoms with E-state index in [2.05, 4.69) is 37.6 Å². The van der Waals surface area contributed by atoms with Crippen molar-refractivity contribution in [1.82, 2.24) is 9.80 Å². The first-order valence-corrected chi connectivity index (χ1v) is 6.01. The van der Waals surface area contributed by atoms with E-state index in [4.69, 9.17) is 11.6 Å². The van der Waals surface area contributed by atoms with Gasteiger partial charge in [0.05, 0.1) is 6.42 Å². The standard InChI is InChI=1S/C11H18ClN3O/c1-7(2)15-10-13-8(12)5-9(16)14(10)6-11(15,3)4/h7,10H,5-6H2,1-4H3. The Hall–Kier alpha value is -0.610. The summed E-state index contributed by atoms with van der Waals surface area (Å²) in [6, 6.07) is 0.337. The van der Waals surface area contributed by atoms with E-state index in [1.54, 1.807) is 0 Å². The summed E-state index contributed by atoms with van der Waals surface area (Å²) in [7, 11) is 0. The van der Waals surface area contributed by atoms with Gasteiger partial charge in [-0.25, -0.2) is 4.99 Å². The zero-order valence-corrected chi connectivity index (χ0v) is 11.0. The molecule has 1 atom stereocenters. The number of hydrogen-bond acceptors (Lipinski definition) is 3. The zero-order chi connectivity index (χ0) is 12.1. The molecular formula is C11H18ClN3O. The second-order valence-electron chi connectivity index (χ2n) is 5.36. The van der Waals surface area contributed by atoms with Crippen LogP contribution in [0.2, 0.25) is 0 Å². The van der Waals surface area contributed by atoms with Gasteiger partial charge in [0.25, 0.3) is 0 Å². The summed E-state index contributed by atoms with van der Waals surface area (Å²) in [5, 5.41) is 0.426. The molecule has 2 rings (SSSR count). The third-order valence-corrected chi connectivity index (χ3v) is 3.44. The maximum Gasteiger partial charge on any atom is 0.232 e. The fourth-order valence-corrected chi connectivity index (χ4v) is 2.96. The molecule has 2 heterocycles. The molecule has 0 spiro atoms. The van der Waals surface area contributed by atoms with Gasteiger partial charge in [-0.1, -0.05) is 11.6 Å². The molecule has 2 aliphatic heterocycles. The maximum absolute atomic E-state index is 11.9. The number of carbonyl (C=O) groups is 1. The molecule has 0 bridgehead atoms. The summed E-state index contributed by atoms with van der Waals surface area (Å²) in [6.07, 6.45) is 0.0452. The molecule has 2 aliphatic rings. The summed E-state index contributed by atoms with van der Waals surface area (Å²) in [4.78, 5) is 20.3. The van der Waals surface area contributed by atoms with E-state index in [0.717, 1.165) is 6.54 Å². The molecule has 0 aromatic rings. The molecule has 1 amide bonds. The summed E-state index contributed by atoms with van der Waals surface area (Å²) in [6.45, 7) is 9.24. The predicted molar refractivity (Wildman–Crippen MR) is 64.5 cm³/mol. The van der Waals surface area contributed by atoms with Crippen LogP contribution in [0.5, 0.6) is 0 Å². The van der Waals surface area contributed by atoms with Gasteiger partial charge in [-0.15, -0.1) is 0 Å². The third kappa shape index (κ3) is 1.74. The largest absolute Gasteiger partial charge is 0.306 e. The van der Waals surface area contributed by atoms with Crippen molar-refractivity contribution in [3.63, 3.8) is 0 Å². The Morgan fingerprint density at radius 1 is 1.50 bits per heavy atom. The van der Waals surface area contributed by atoms with Gasteiger partial charge < -0.3 is 4.90 Å². The summed E-state index contributed by atoms with van der Waals surface area (Å²) >= 11 is 5.92. The van der Waals surface area contributed by atoms with Crippen molar-refractivity contribution in [1.29, 1.82) is 0 Å². The number of hydrogen-bond donors (Lipinski definition) is 0. The number of amides is 1. The molecule has 0 saturated carbocycles. The van der Waals surface area contributed by atoms with Gasteiger partial charge in [-0.3, -0.25) is 9.69 Å². The molecule has 1 fully saturated rings. The molecule has 16 heavy (non-hydrogen) atoms. The lowest BCUT2D eigenvalue weighted by Gasteiger charge is -2.37. The Morgan fingerprint density at radius 2 is 2.12 bits per heavy atom. The van der Waals surface area contributed by atoms with Crippen molar-refractivity contribution in [2.45, 2.75) is 52.0 Å². The van der Waals surface area contributed by atoms with Gasteiger partial charge >= 0.3 is 0 Å². The van der Waals surface area contributed by atoms with Crippen LogP contribution in [0.1, 0.15) is 34.1 Å². The predicted octanol–water partition coefficient (Wildman–Crippen LogP) is 1.64. The summed E-state index contributed by atoms with van der Waals surface area (Å²) in [5.74, 6) is 0.0845. The third-order valence-electron chi connectivity index (χ3n) is 3.21. The Labute approximate surface area is 101 Å². The van der Waals surface area contributed by atoms with Crippen LogP contribution in [0.3, 0.4) is 0 Å². The monoisotopic (exact) mass is 243 g/mol. The highest BCUT2D eigenvalue weighted by molar-refractivity contribution is 6.67. The fraction of sp³-hybridized carbons (Fsp3) is 0.818. The fourth-order valence-electron chi connectivity index (χ4n) is 2.75. The number of aliphatic imine (C=N–C) groups is 1. The lowest BCUT2D eigenvalue weighted by Crippen LogP contribution is -2.50. The normalized spacial score (nSPS) is 29.6. The molecule has 0 aromatic heterocycles. The average molecular weight is 244 g/mol. The molecule has 1 unspecified atom stereocenters. The molecule has 90 valence electrons. The first-order valence-electron chi connectivity index (χ1n) is 5.63. The molecule has 5 heteroatoms. The van der Waals surface area contributed by atoms with Crippen LogP contribution in [0.25, 0.3) is 0 Å². The average Bonchev–Trinajstić information content (AvgIpc) is 2.35. The Kier molecular flexibility index (Phi) is 2.75. The van der Waals surface area contributed by atoms with Crippen LogP contribution < -0.4 is 0 Å². The number of carbonyl (C=O) groups excluding carboxylic acids is 1. The molecule has 1 saturated heterocycles. The number of fused-ring (bicyclic) bond motifs is 1. The van der Waals surface area contributed by atoms with Gasteiger partial charge in [0.2, 0.25) is 5.91 Å². The highest BCUT2D eigenvalue weighted by Crippen LogP contribution is 2.34. The van der Waals surface area contributed by atoms with Crippen LogP contribution in [0.15, 0.2) is 4.99 Å². The highest BCUT2D eigenvalue weighted by atomic mass is 35.5. The van der Waals surface area contributed by atoms with Crippen molar-refractivity contribution in [3.8, 4) is 0 Å². The van der Waals surface area contributed by atoms with Crippen LogP contribution in [-0.4, -0.2) is 45.3 Å². The van der Waals surface area contributed by atoms with Crippen molar-refractivity contribution >= 4 is 22.7 Å². The lowest BCUT2D eigenvalue weighted by molar-refractivity contribution is -0.132. The molecule has 0 radical (unpaired) electrons. The smallest absolute Gasteiger partial charge is 0.232 e. The van der Waals surface area contributed by atoms with Crippen LogP contribution in [0, 0.1) is 0 Å². The number of halogens is 1. The molecular weight excluding hydrogens is 226 g/mol. The van der Waals surface area contributed by atoms with Crippen molar-refractivity contribution in [3.05, 3.63) is 0 Å². The van der Waals surface area contributed by atoms with Gasteiger partial charge in [-0.05, 0) is 27.7 Å². The van der Waals surface area contributed by atoms with E-state index in [1.165, 1.54) is 0 Å². The van der Waals surface area contributed by atoms with Gasteiger partial charge in [0.1, 0.15) is 5.17 Å². The molecule has 0 aliphatic carbocycles. The van der Waals surface area contributed by atoms with E-state index in [0.29, 0.717) is 11.2 Å². The first kappa shape index (κ1) is 11.9. The van der Waals surface area contributed by atoms with E-state index in [9.17, 15) is 4.79 Å². The maximum atomic E-state index is 11.9. The molecule has 0 N–H and O–H groups in total. The molecule has 0 aromatic carbocycles. The zero-order valence-electron chi connectivity index (χ0n) is 10.2. The Balaban J connectivity index is 2.38. The second kappa shape index (κ2) is 3.70. The minimum Gasteiger partial charge on any atom is -0.306 e. The Bertz CT molecular complexity index is 351. The number of rotatable bonds is 1. The number of nitrogens with zero attached hydrogens (tertiary/aromatic N) is 3. The lowest BCUT2D eigenvalue weighted by atomic mass is 10.0. The van der Waals surface area contributed by atoms with E-state index in [-0.39, 0.29) is 24.2 Å².